The van der Waals surface area contributed by atoms with Crippen LogP contribution in [0.5, 0.6) is 0 Å². The first-order valence-corrected chi connectivity index (χ1v) is 16.6. The highest BCUT2D eigenvalue weighted by molar-refractivity contribution is 5.96. The highest BCUT2D eigenvalue weighted by Gasteiger charge is 2.34. The Bertz CT molecular complexity index is 1760. The monoisotopic (exact) mass is 690 g/mol. The smallest absolute Gasteiger partial charge is 0.417 e. The van der Waals surface area contributed by atoms with Crippen molar-refractivity contribution in [3.63, 3.8) is 0 Å². The Morgan fingerprint density at radius 1 is 0.920 bits per heavy atom. The van der Waals surface area contributed by atoms with Gasteiger partial charge in [-0.3, -0.25) is 9.59 Å². The molecule has 1 heterocycles. The predicted molar refractivity (Wildman–Crippen MR) is 182 cm³/mol. The molecular formula is C37H41F3N6O4. The van der Waals surface area contributed by atoms with E-state index in [2.05, 4.69) is 31.3 Å². The Balaban J connectivity index is 1.29. The molecule has 0 aliphatic heterocycles. The van der Waals surface area contributed by atoms with Gasteiger partial charge in [0.05, 0.1) is 5.56 Å². The number of rotatable bonds is 11. The number of H-pyrrole nitrogens is 1. The summed E-state index contributed by atoms with van der Waals surface area (Å²) in [4.78, 5) is 39.6. The van der Waals surface area contributed by atoms with E-state index in [0.29, 0.717) is 47.6 Å². The van der Waals surface area contributed by atoms with Gasteiger partial charge in [0.2, 0.25) is 11.7 Å². The number of Topliss-reactive ketones (excluding diaryl/α,β-unsaturated/α-hetero) is 1. The third kappa shape index (κ3) is 9.99. The third-order valence-corrected chi connectivity index (χ3v) is 8.76. The number of alkyl carbamates (subject to hydrolysis) is 1. The van der Waals surface area contributed by atoms with E-state index in [4.69, 9.17) is 4.74 Å². The van der Waals surface area contributed by atoms with Crippen LogP contribution in [-0.4, -0.2) is 50.6 Å². The van der Waals surface area contributed by atoms with Crippen LogP contribution in [0.25, 0.3) is 22.5 Å². The third-order valence-electron chi connectivity index (χ3n) is 8.76. The average molecular weight is 691 g/mol. The minimum atomic E-state index is -4.54. The van der Waals surface area contributed by atoms with Gasteiger partial charge in [0.15, 0.2) is 0 Å². The van der Waals surface area contributed by atoms with Crippen LogP contribution in [0.3, 0.4) is 0 Å². The maximum atomic E-state index is 13.8. The number of ketones is 1. The fourth-order valence-electron chi connectivity index (χ4n) is 6.26. The number of amides is 2. The van der Waals surface area contributed by atoms with Crippen molar-refractivity contribution in [1.82, 2.24) is 25.9 Å². The normalized spacial score (nSPS) is 17.1. The van der Waals surface area contributed by atoms with Gasteiger partial charge in [-0.25, -0.2) is 4.79 Å². The van der Waals surface area contributed by atoms with Crippen molar-refractivity contribution in [2.75, 3.05) is 11.9 Å². The summed E-state index contributed by atoms with van der Waals surface area (Å²) in [5.74, 6) is -0.810. The molecular weight excluding hydrogens is 649 g/mol. The molecule has 0 saturated heterocycles. The number of hydrogen-bond acceptors (Lipinski definition) is 7. The van der Waals surface area contributed by atoms with Crippen molar-refractivity contribution in [3.05, 3.63) is 83.9 Å². The molecule has 1 fully saturated rings. The second-order valence-corrected chi connectivity index (χ2v) is 13.7. The van der Waals surface area contributed by atoms with E-state index in [9.17, 15) is 27.6 Å². The van der Waals surface area contributed by atoms with Gasteiger partial charge in [-0.15, -0.1) is 10.2 Å². The Morgan fingerprint density at radius 2 is 1.64 bits per heavy atom. The molecule has 1 aliphatic rings. The van der Waals surface area contributed by atoms with Gasteiger partial charge in [0.1, 0.15) is 11.4 Å². The highest BCUT2D eigenvalue weighted by atomic mass is 19.4. The number of halogens is 3. The van der Waals surface area contributed by atoms with E-state index < -0.39 is 29.4 Å². The number of nitrogens with zero attached hydrogens (tertiary/aromatic N) is 3. The number of anilines is 1. The Morgan fingerprint density at radius 3 is 2.30 bits per heavy atom. The van der Waals surface area contributed by atoms with Crippen LogP contribution >= 0.6 is 0 Å². The van der Waals surface area contributed by atoms with E-state index >= 15 is 0 Å². The quantitative estimate of drug-likeness (QED) is 0.147. The molecule has 1 saturated carbocycles. The summed E-state index contributed by atoms with van der Waals surface area (Å²) in [6, 6.07) is 18.9. The molecule has 3 aromatic carbocycles. The molecule has 13 heteroatoms. The summed E-state index contributed by atoms with van der Waals surface area (Å²) >= 11 is 0. The van der Waals surface area contributed by atoms with E-state index in [0.717, 1.165) is 18.9 Å². The van der Waals surface area contributed by atoms with Gasteiger partial charge in [-0.05, 0) is 111 Å². The summed E-state index contributed by atoms with van der Waals surface area (Å²) in [6.45, 7) is 5.86. The summed E-state index contributed by atoms with van der Waals surface area (Å²) in [5, 5.41) is 19.6. The van der Waals surface area contributed by atoms with E-state index in [1.165, 1.54) is 12.1 Å². The summed E-state index contributed by atoms with van der Waals surface area (Å²) < 4.78 is 46.8. The Kier molecular flexibility index (Phi) is 11.3. The number of aromatic nitrogens is 4. The van der Waals surface area contributed by atoms with E-state index in [1.807, 2.05) is 0 Å². The molecule has 1 atom stereocenters. The standard InChI is InChI=1S/C37H41F3N6O4/c1-36(2,3)50-35(49)41-22-23-11-13-25(14-12-23)32(47)21-28(34(48)42-29-17-15-26(16-18-29)33-43-45-46-44-33)20-24-7-6-8-27(19-24)30-9-4-5-10-31(30)37(38,39)40/h4-10,15-19,23,25,28H,11-14,20-22H2,1-3H3,(H,41,49)(H,42,48)(H,43,44,45,46)/t23?,25?,28-/m1/s1. The molecule has 10 nitrogen and oxygen atoms in total. The zero-order valence-electron chi connectivity index (χ0n) is 28.2. The number of nitrogens with one attached hydrogen (secondary N) is 3. The molecule has 4 aromatic rings. The molecule has 1 aromatic heterocycles. The summed E-state index contributed by atoms with van der Waals surface area (Å²) in [7, 11) is 0. The second-order valence-electron chi connectivity index (χ2n) is 13.7. The molecule has 5 rings (SSSR count). The van der Waals surface area contributed by atoms with Gasteiger partial charge in [0, 0.05) is 36.1 Å². The van der Waals surface area contributed by atoms with Crippen LogP contribution < -0.4 is 10.6 Å². The number of alkyl halides is 3. The van der Waals surface area contributed by atoms with Crippen LogP contribution in [0.15, 0.2) is 72.8 Å². The molecule has 50 heavy (non-hydrogen) atoms. The number of carbonyl (C=O) groups excluding carboxylic acids is 3. The number of tetrazole rings is 1. The van der Waals surface area contributed by atoms with Gasteiger partial charge in [-0.2, -0.15) is 18.4 Å². The van der Waals surface area contributed by atoms with Crippen LogP contribution in [-0.2, 0) is 26.9 Å². The van der Waals surface area contributed by atoms with Crippen LogP contribution in [0.2, 0.25) is 0 Å². The van der Waals surface area contributed by atoms with Crippen molar-refractivity contribution in [2.45, 2.75) is 71.1 Å². The SMILES string of the molecule is CC(C)(C)OC(=O)NCC1CCC(C(=O)C[C@@H](Cc2cccc(-c3ccccc3C(F)(F)F)c2)C(=O)Nc2ccc(-c3nn[nH]n3)cc2)CC1. The minimum absolute atomic E-state index is 0.0262. The lowest BCUT2D eigenvalue weighted by Crippen LogP contribution is -2.37. The van der Waals surface area contributed by atoms with Gasteiger partial charge in [-0.1, -0.05) is 42.5 Å². The number of carbonyl (C=O) groups is 3. The zero-order valence-corrected chi connectivity index (χ0v) is 28.2. The van der Waals surface area contributed by atoms with Gasteiger partial charge in [0.25, 0.3) is 0 Å². The van der Waals surface area contributed by atoms with E-state index in [-0.39, 0.29) is 41.9 Å². The first-order chi connectivity index (χ1) is 23.7. The lowest BCUT2D eigenvalue weighted by Gasteiger charge is -2.29. The van der Waals surface area contributed by atoms with Crippen molar-refractivity contribution in [3.8, 4) is 22.5 Å². The number of hydrogen-bond donors (Lipinski definition) is 3. The molecule has 0 spiro atoms. The minimum Gasteiger partial charge on any atom is -0.444 e. The molecule has 0 bridgehead atoms. The summed E-state index contributed by atoms with van der Waals surface area (Å²) in [6.07, 6.45) is -2.13. The van der Waals surface area contributed by atoms with Gasteiger partial charge < -0.3 is 15.4 Å². The largest absolute Gasteiger partial charge is 0.444 e. The number of ether oxygens (including phenoxy) is 1. The fourth-order valence-corrected chi connectivity index (χ4v) is 6.26. The predicted octanol–water partition coefficient (Wildman–Crippen LogP) is 7.64. The average Bonchev–Trinajstić information content (AvgIpc) is 3.62. The van der Waals surface area contributed by atoms with Crippen molar-refractivity contribution in [1.29, 1.82) is 0 Å². The molecule has 264 valence electrons. The maximum absolute atomic E-state index is 13.8. The van der Waals surface area contributed by atoms with Crippen LogP contribution in [0.4, 0.5) is 23.7 Å². The molecule has 0 unspecified atom stereocenters. The molecule has 3 N–H and O–H groups in total. The first-order valence-electron chi connectivity index (χ1n) is 16.6. The van der Waals surface area contributed by atoms with Crippen LogP contribution in [0, 0.1) is 17.8 Å². The summed E-state index contributed by atoms with van der Waals surface area (Å²) in [5.41, 5.74) is 0.904. The Labute approximate surface area is 288 Å². The topological polar surface area (TPSA) is 139 Å². The Hall–Kier alpha value is -5.07. The van der Waals surface area contributed by atoms with Gasteiger partial charge >= 0.3 is 12.3 Å². The van der Waals surface area contributed by atoms with Crippen LogP contribution in [0.1, 0.15) is 64.0 Å². The molecule has 1 aliphatic carbocycles. The van der Waals surface area contributed by atoms with Crippen molar-refractivity contribution in [2.24, 2.45) is 17.8 Å². The maximum Gasteiger partial charge on any atom is 0.417 e. The second kappa shape index (κ2) is 15.6. The van der Waals surface area contributed by atoms with E-state index in [1.54, 1.807) is 75.4 Å². The lowest BCUT2D eigenvalue weighted by molar-refractivity contribution is -0.137. The molecule has 2 amide bonds. The zero-order chi connectivity index (χ0) is 35.9. The fraction of sp³-hybridized carbons (Fsp3) is 0.405. The first kappa shape index (κ1) is 36.2. The molecule has 0 radical (unpaired) electrons. The number of benzene rings is 3. The van der Waals surface area contributed by atoms with Crippen molar-refractivity contribution < 1.29 is 32.3 Å². The lowest BCUT2D eigenvalue weighted by atomic mass is 9.77. The van der Waals surface area contributed by atoms with Crippen molar-refractivity contribution >= 4 is 23.5 Å². The highest BCUT2D eigenvalue weighted by Crippen LogP contribution is 2.37. The number of aromatic amines is 1.